The minimum Gasteiger partial charge on any atom is -0.325 e. The number of sulfonamides is 1. The van der Waals surface area contributed by atoms with Crippen molar-refractivity contribution < 1.29 is 13.2 Å². The second-order valence-corrected chi connectivity index (χ2v) is 11.0. The highest BCUT2D eigenvalue weighted by Gasteiger charge is 2.33. The fraction of sp³-hybridized carbons (Fsp3) is 0.500. The van der Waals surface area contributed by atoms with Gasteiger partial charge in [0, 0.05) is 29.7 Å². The zero-order chi connectivity index (χ0) is 21.1. The number of benzene rings is 1. The maximum absolute atomic E-state index is 12.9. The van der Waals surface area contributed by atoms with Crippen molar-refractivity contribution in [3.8, 4) is 0 Å². The van der Waals surface area contributed by atoms with E-state index in [0.717, 1.165) is 38.6 Å². The van der Waals surface area contributed by atoms with E-state index in [4.69, 9.17) is 0 Å². The molecule has 2 fully saturated rings. The molecule has 0 radical (unpaired) electrons. The summed E-state index contributed by atoms with van der Waals surface area (Å²) < 4.78 is 27.1. The van der Waals surface area contributed by atoms with Crippen LogP contribution in [-0.4, -0.2) is 49.2 Å². The molecule has 1 N–H and O–H groups in total. The molecule has 0 aliphatic carbocycles. The number of rotatable bonds is 6. The van der Waals surface area contributed by atoms with Crippen LogP contribution in [0.15, 0.2) is 46.7 Å². The van der Waals surface area contributed by atoms with Crippen LogP contribution in [0.1, 0.15) is 49.9 Å². The number of carbonyl (C=O) groups is 1. The summed E-state index contributed by atoms with van der Waals surface area (Å²) in [4.78, 5) is 16.7. The van der Waals surface area contributed by atoms with E-state index in [1.807, 2.05) is 6.92 Å². The first kappa shape index (κ1) is 21.5. The van der Waals surface area contributed by atoms with Crippen LogP contribution in [0.2, 0.25) is 0 Å². The van der Waals surface area contributed by atoms with Crippen LogP contribution in [0.4, 0.5) is 5.69 Å². The molecule has 0 saturated carbocycles. The van der Waals surface area contributed by atoms with Gasteiger partial charge in [0.15, 0.2) is 0 Å². The van der Waals surface area contributed by atoms with Crippen LogP contribution in [0.3, 0.4) is 0 Å². The van der Waals surface area contributed by atoms with Crippen LogP contribution in [0, 0.1) is 0 Å². The average molecular weight is 448 g/mol. The second-order valence-electron chi connectivity index (χ2n) is 8.07. The van der Waals surface area contributed by atoms with Crippen LogP contribution < -0.4 is 5.32 Å². The van der Waals surface area contributed by atoms with Gasteiger partial charge in [-0.2, -0.15) is 4.31 Å². The van der Waals surface area contributed by atoms with Gasteiger partial charge in [0.05, 0.1) is 10.9 Å². The molecule has 8 heteroatoms. The highest BCUT2D eigenvalue weighted by Crippen LogP contribution is 2.36. The SMILES string of the molecule is CC(C(=O)Nc1ccc(S(=O)(=O)N2CCCCC2)cc1)N1CCCC1c1cccs1. The summed E-state index contributed by atoms with van der Waals surface area (Å²) in [6.07, 6.45) is 5.06. The number of piperidine rings is 1. The predicted octanol–water partition coefficient (Wildman–Crippen LogP) is 4.09. The number of likely N-dealkylation sites (tertiary alicyclic amines) is 1. The van der Waals surface area contributed by atoms with E-state index in [-0.39, 0.29) is 16.8 Å². The Hall–Kier alpha value is -1.74. The minimum atomic E-state index is -3.46. The number of nitrogens with one attached hydrogen (secondary N) is 1. The number of nitrogens with zero attached hydrogens (tertiary/aromatic N) is 2. The van der Waals surface area contributed by atoms with E-state index < -0.39 is 10.0 Å². The lowest BCUT2D eigenvalue weighted by atomic mass is 10.1. The average Bonchev–Trinajstić information content (AvgIpc) is 3.46. The van der Waals surface area contributed by atoms with Crippen molar-refractivity contribution in [2.45, 2.75) is 56.0 Å². The number of hydrogen-bond donors (Lipinski definition) is 1. The van der Waals surface area contributed by atoms with Crippen molar-refractivity contribution in [2.75, 3.05) is 25.0 Å². The number of thiophene rings is 1. The summed E-state index contributed by atoms with van der Waals surface area (Å²) in [6.45, 7) is 4.01. The molecule has 0 spiro atoms. The van der Waals surface area contributed by atoms with Crippen molar-refractivity contribution in [1.29, 1.82) is 0 Å². The predicted molar refractivity (Wildman–Crippen MR) is 120 cm³/mol. The Morgan fingerprint density at radius 3 is 2.47 bits per heavy atom. The first-order chi connectivity index (χ1) is 14.5. The van der Waals surface area contributed by atoms with Crippen LogP contribution >= 0.6 is 11.3 Å². The van der Waals surface area contributed by atoms with E-state index in [2.05, 4.69) is 27.7 Å². The summed E-state index contributed by atoms with van der Waals surface area (Å²) in [5, 5.41) is 5.04. The quantitative estimate of drug-likeness (QED) is 0.724. The van der Waals surface area contributed by atoms with Gasteiger partial charge in [-0.15, -0.1) is 11.3 Å². The van der Waals surface area contributed by atoms with Crippen molar-refractivity contribution in [2.24, 2.45) is 0 Å². The minimum absolute atomic E-state index is 0.0647. The highest BCUT2D eigenvalue weighted by atomic mass is 32.2. The monoisotopic (exact) mass is 447 g/mol. The Balaban J connectivity index is 1.41. The Morgan fingerprint density at radius 2 is 1.80 bits per heavy atom. The molecule has 2 aliphatic heterocycles. The number of amides is 1. The molecule has 2 saturated heterocycles. The van der Waals surface area contributed by atoms with Crippen LogP contribution in [-0.2, 0) is 14.8 Å². The Morgan fingerprint density at radius 1 is 1.07 bits per heavy atom. The molecule has 2 aromatic rings. The lowest BCUT2D eigenvalue weighted by Gasteiger charge is -2.29. The molecule has 162 valence electrons. The van der Waals surface area contributed by atoms with Crippen molar-refractivity contribution in [3.63, 3.8) is 0 Å². The van der Waals surface area contributed by atoms with E-state index in [1.54, 1.807) is 39.9 Å². The normalized spacial score (nSPS) is 22.1. The molecular formula is C22H29N3O3S2. The van der Waals surface area contributed by atoms with Gasteiger partial charge in [-0.1, -0.05) is 12.5 Å². The molecule has 4 rings (SSSR count). The molecule has 1 amide bonds. The van der Waals surface area contributed by atoms with Crippen molar-refractivity contribution in [3.05, 3.63) is 46.7 Å². The standard InChI is InChI=1S/C22H29N3O3S2/c1-17(25-15-5-7-20(25)21-8-6-16-29-21)22(26)23-18-9-11-19(12-10-18)30(27,28)24-13-3-2-4-14-24/h6,8-12,16-17,20H,2-5,7,13-15H2,1H3,(H,23,26). The van der Waals surface area contributed by atoms with Gasteiger partial charge in [0.25, 0.3) is 0 Å². The van der Waals surface area contributed by atoms with Gasteiger partial charge in [-0.3, -0.25) is 9.69 Å². The van der Waals surface area contributed by atoms with Crippen LogP contribution in [0.25, 0.3) is 0 Å². The van der Waals surface area contributed by atoms with Gasteiger partial charge in [0.2, 0.25) is 15.9 Å². The third-order valence-corrected chi connectivity index (χ3v) is 9.00. The molecule has 3 heterocycles. The molecular weight excluding hydrogens is 418 g/mol. The van der Waals surface area contributed by atoms with Gasteiger partial charge in [-0.05, 0) is 74.9 Å². The Bertz CT molecular complexity index is 952. The molecule has 1 aromatic carbocycles. The van der Waals surface area contributed by atoms with Gasteiger partial charge in [-0.25, -0.2) is 8.42 Å². The summed E-state index contributed by atoms with van der Waals surface area (Å²) in [7, 11) is -3.46. The Kier molecular flexibility index (Phi) is 6.57. The number of hydrogen-bond acceptors (Lipinski definition) is 5. The fourth-order valence-corrected chi connectivity index (χ4v) is 6.80. The summed E-state index contributed by atoms with van der Waals surface area (Å²) in [5.41, 5.74) is 0.622. The summed E-state index contributed by atoms with van der Waals surface area (Å²) in [6, 6.07) is 10.8. The molecule has 2 atom stereocenters. The van der Waals surface area contributed by atoms with Gasteiger partial charge < -0.3 is 5.32 Å². The maximum Gasteiger partial charge on any atom is 0.243 e. The first-order valence-electron chi connectivity index (χ1n) is 10.7. The third kappa shape index (κ3) is 4.46. The lowest BCUT2D eigenvalue weighted by molar-refractivity contribution is -0.121. The molecule has 2 aliphatic rings. The van der Waals surface area contributed by atoms with Crippen LogP contribution in [0.5, 0.6) is 0 Å². The summed E-state index contributed by atoms with van der Waals surface area (Å²) >= 11 is 1.74. The second kappa shape index (κ2) is 9.18. The lowest BCUT2D eigenvalue weighted by Crippen LogP contribution is -2.41. The number of anilines is 1. The summed E-state index contributed by atoms with van der Waals surface area (Å²) in [5.74, 6) is -0.0647. The fourth-order valence-electron chi connectivity index (χ4n) is 4.40. The van der Waals surface area contributed by atoms with E-state index in [0.29, 0.717) is 24.8 Å². The smallest absolute Gasteiger partial charge is 0.243 e. The number of carbonyl (C=O) groups excluding carboxylic acids is 1. The molecule has 6 nitrogen and oxygen atoms in total. The highest BCUT2D eigenvalue weighted by molar-refractivity contribution is 7.89. The van der Waals surface area contributed by atoms with E-state index >= 15 is 0 Å². The van der Waals surface area contributed by atoms with Gasteiger partial charge >= 0.3 is 0 Å². The topological polar surface area (TPSA) is 69.7 Å². The molecule has 30 heavy (non-hydrogen) atoms. The first-order valence-corrected chi connectivity index (χ1v) is 13.0. The van der Waals surface area contributed by atoms with Crippen molar-refractivity contribution >= 4 is 33.0 Å². The largest absolute Gasteiger partial charge is 0.325 e. The molecule has 1 aromatic heterocycles. The van der Waals surface area contributed by atoms with Gasteiger partial charge in [0.1, 0.15) is 0 Å². The zero-order valence-corrected chi connectivity index (χ0v) is 18.9. The van der Waals surface area contributed by atoms with E-state index in [9.17, 15) is 13.2 Å². The van der Waals surface area contributed by atoms with Crippen molar-refractivity contribution in [1.82, 2.24) is 9.21 Å². The third-order valence-electron chi connectivity index (χ3n) is 6.12. The Labute approximate surface area is 182 Å². The van der Waals surface area contributed by atoms with E-state index in [1.165, 1.54) is 4.88 Å². The molecule has 2 unspecified atom stereocenters. The molecule has 0 bridgehead atoms. The maximum atomic E-state index is 12.9. The zero-order valence-electron chi connectivity index (χ0n) is 17.3.